The molecule has 0 atom stereocenters. The fourth-order valence-electron chi connectivity index (χ4n) is 5.38. The maximum Gasteiger partial charge on any atom is 0.0361 e. The van der Waals surface area contributed by atoms with Gasteiger partial charge in [-0.05, 0) is 56.8 Å². The number of hydrogen-bond acceptors (Lipinski definition) is 1. The first-order valence-corrected chi connectivity index (χ1v) is 11.9. The Balaban J connectivity index is 1.67. The molecule has 1 aliphatic rings. The van der Waals surface area contributed by atoms with E-state index in [4.69, 9.17) is 0 Å². The van der Waals surface area contributed by atoms with Gasteiger partial charge in [-0.2, -0.15) is 0 Å². The standard InChI is InChI=1S/C31H24S/c1-4-5-6-7-10-20-13-17-25-24(19-20)22-16-14-21-15-18-27-29(28(21)30(22)31(25,2)3)23-11-8-9-12-26(23)32-27/h4-19H,1H2,2-3H3/b6-5-,10-7+. The molecule has 0 saturated carbocycles. The summed E-state index contributed by atoms with van der Waals surface area (Å²) in [7, 11) is 0. The second kappa shape index (κ2) is 7.05. The van der Waals surface area contributed by atoms with Crippen LogP contribution in [0, 0.1) is 0 Å². The van der Waals surface area contributed by atoms with Crippen LogP contribution in [0.4, 0.5) is 0 Å². The summed E-state index contributed by atoms with van der Waals surface area (Å²) >= 11 is 1.90. The minimum Gasteiger partial charge on any atom is -0.135 e. The van der Waals surface area contributed by atoms with Gasteiger partial charge in [-0.1, -0.05) is 99.3 Å². The second-order valence-corrected chi connectivity index (χ2v) is 10.1. The second-order valence-electron chi connectivity index (χ2n) is 9.03. The van der Waals surface area contributed by atoms with Crippen LogP contribution in [0.25, 0.3) is 48.1 Å². The Bertz CT molecular complexity index is 1600. The van der Waals surface area contributed by atoms with Gasteiger partial charge in [0.2, 0.25) is 0 Å². The van der Waals surface area contributed by atoms with Crippen molar-refractivity contribution in [3.05, 3.63) is 114 Å². The minimum absolute atomic E-state index is 0.0491. The van der Waals surface area contributed by atoms with Gasteiger partial charge < -0.3 is 0 Å². The molecule has 0 amide bonds. The molecule has 5 aromatic rings. The van der Waals surface area contributed by atoms with Crippen molar-refractivity contribution in [2.24, 2.45) is 0 Å². The van der Waals surface area contributed by atoms with Gasteiger partial charge in [0.25, 0.3) is 0 Å². The van der Waals surface area contributed by atoms with Crippen molar-refractivity contribution in [3.8, 4) is 11.1 Å². The highest BCUT2D eigenvalue weighted by molar-refractivity contribution is 7.26. The molecule has 6 rings (SSSR count). The Morgan fingerprint density at radius 3 is 2.50 bits per heavy atom. The third-order valence-electron chi connectivity index (χ3n) is 6.80. The molecular formula is C31H24S. The van der Waals surface area contributed by atoms with E-state index in [0.29, 0.717) is 0 Å². The number of rotatable bonds is 3. The lowest BCUT2D eigenvalue weighted by Gasteiger charge is -2.23. The van der Waals surface area contributed by atoms with Gasteiger partial charge in [0.05, 0.1) is 0 Å². The fourth-order valence-corrected chi connectivity index (χ4v) is 6.50. The van der Waals surface area contributed by atoms with Crippen molar-refractivity contribution >= 4 is 48.4 Å². The van der Waals surface area contributed by atoms with Crippen molar-refractivity contribution in [2.75, 3.05) is 0 Å². The zero-order valence-electron chi connectivity index (χ0n) is 18.4. The lowest BCUT2D eigenvalue weighted by molar-refractivity contribution is 0.666. The fraction of sp³-hybridized carbons (Fsp3) is 0.0968. The largest absolute Gasteiger partial charge is 0.135 e. The molecule has 0 N–H and O–H groups in total. The minimum atomic E-state index is -0.0491. The molecule has 1 heterocycles. The average molecular weight is 429 g/mol. The quantitative estimate of drug-likeness (QED) is 0.251. The van der Waals surface area contributed by atoms with E-state index in [1.54, 1.807) is 6.08 Å². The van der Waals surface area contributed by atoms with Gasteiger partial charge in [-0.3, -0.25) is 0 Å². The molecule has 0 bridgehead atoms. The Morgan fingerprint density at radius 1 is 0.781 bits per heavy atom. The van der Waals surface area contributed by atoms with Gasteiger partial charge in [-0.25, -0.2) is 0 Å². The van der Waals surface area contributed by atoms with E-state index >= 15 is 0 Å². The normalized spacial score (nSPS) is 14.7. The van der Waals surface area contributed by atoms with Crippen LogP contribution in [0.5, 0.6) is 0 Å². The van der Waals surface area contributed by atoms with Crippen LogP contribution in [0.3, 0.4) is 0 Å². The van der Waals surface area contributed by atoms with Crippen LogP contribution in [0.2, 0.25) is 0 Å². The summed E-state index contributed by atoms with van der Waals surface area (Å²) in [5.41, 5.74) is 6.78. The van der Waals surface area contributed by atoms with Crippen molar-refractivity contribution < 1.29 is 0 Å². The number of allylic oxidation sites excluding steroid dienone is 4. The molecule has 0 spiro atoms. The molecular weight excluding hydrogens is 404 g/mol. The van der Waals surface area contributed by atoms with Crippen molar-refractivity contribution in [1.82, 2.24) is 0 Å². The molecule has 0 nitrogen and oxygen atoms in total. The Hall–Kier alpha value is -3.42. The summed E-state index contributed by atoms with van der Waals surface area (Å²) in [6.07, 6.45) is 10.0. The van der Waals surface area contributed by atoms with Crippen LogP contribution >= 0.6 is 11.3 Å². The van der Waals surface area contributed by atoms with Crippen LogP contribution in [-0.4, -0.2) is 0 Å². The molecule has 0 aliphatic heterocycles. The summed E-state index contributed by atoms with van der Waals surface area (Å²) in [4.78, 5) is 0. The molecule has 1 aromatic heterocycles. The van der Waals surface area contributed by atoms with Crippen LogP contribution < -0.4 is 0 Å². The topological polar surface area (TPSA) is 0 Å². The Morgan fingerprint density at radius 2 is 1.62 bits per heavy atom. The maximum atomic E-state index is 3.73. The predicted octanol–water partition coefficient (Wildman–Crippen LogP) is 9.27. The summed E-state index contributed by atoms with van der Waals surface area (Å²) in [5, 5.41) is 5.53. The smallest absolute Gasteiger partial charge is 0.0361 e. The van der Waals surface area contributed by atoms with E-state index in [2.05, 4.69) is 99.3 Å². The Labute approximate surface area is 192 Å². The molecule has 0 fully saturated rings. The molecule has 154 valence electrons. The SMILES string of the molecule is C=C/C=C\C=C\c1ccc2c(c1)-c1ccc3ccc4sc5ccccc5c4c3c1C2(C)C. The number of benzene rings is 4. The van der Waals surface area contributed by atoms with E-state index < -0.39 is 0 Å². The number of hydrogen-bond donors (Lipinski definition) is 0. The molecule has 0 saturated heterocycles. The third kappa shape index (κ3) is 2.68. The summed E-state index contributed by atoms with van der Waals surface area (Å²) in [5.74, 6) is 0. The first kappa shape index (κ1) is 19.3. The van der Waals surface area contributed by atoms with Gasteiger partial charge in [0.1, 0.15) is 0 Å². The summed E-state index contributed by atoms with van der Waals surface area (Å²) < 4.78 is 2.73. The molecule has 1 heteroatoms. The predicted molar refractivity (Wildman–Crippen MR) is 143 cm³/mol. The lowest BCUT2D eigenvalue weighted by Crippen LogP contribution is -2.15. The lowest BCUT2D eigenvalue weighted by atomic mass is 9.79. The van der Waals surface area contributed by atoms with E-state index in [9.17, 15) is 0 Å². The molecule has 1 aliphatic carbocycles. The van der Waals surface area contributed by atoms with Crippen LogP contribution in [0.1, 0.15) is 30.5 Å². The summed E-state index contributed by atoms with van der Waals surface area (Å²) in [6, 6.07) is 25.0. The highest BCUT2D eigenvalue weighted by Gasteiger charge is 2.37. The monoisotopic (exact) mass is 428 g/mol. The van der Waals surface area contributed by atoms with Crippen LogP contribution in [-0.2, 0) is 5.41 Å². The molecule has 0 unspecified atom stereocenters. The molecule has 0 radical (unpaired) electrons. The van der Waals surface area contributed by atoms with Crippen LogP contribution in [0.15, 0.2) is 97.6 Å². The number of thiophene rings is 1. The zero-order valence-corrected chi connectivity index (χ0v) is 19.2. The van der Waals surface area contributed by atoms with E-state index in [1.165, 1.54) is 58.8 Å². The molecule has 4 aromatic carbocycles. The van der Waals surface area contributed by atoms with Gasteiger partial charge >= 0.3 is 0 Å². The highest BCUT2D eigenvalue weighted by Crippen LogP contribution is 2.53. The van der Waals surface area contributed by atoms with Crippen molar-refractivity contribution in [3.63, 3.8) is 0 Å². The van der Waals surface area contributed by atoms with Crippen molar-refractivity contribution in [1.29, 1.82) is 0 Å². The number of fused-ring (bicyclic) bond motifs is 9. The first-order valence-electron chi connectivity index (χ1n) is 11.1. The van der Waals surface area contributed by atoms with Gasteiger partial charge in [-0.15, -0.1) is 11.3 Å². The highest BCUT2D eigenvalue weighted by atomic mass is 32.1. The molecule has 32 heavy (non-hydrogen) atoms. The van der Waals surface area contributed by atoms with Crippen molar-refractivity contribution in [2.45, 2.75) is 19.3 Å². The zero-order chi connectivity index (χ0) is 21.9. The first-order chi connectivity index (χ1) is 15.6. The maximum absolute atomic E-state index is 3.73. The van der Waals surface area contributed by atoms with Gasteiger partial charge in [0, 0.05) is 25.6 Å². The van der Waals surface area contributed by atoms with Gasteiger partial charge in [0.15, 0.2) is 0 Å². The van der Waals surface area contributed by atoms with E-state index in [-0.39, 0.29) is 5.41 Å². The summed E-state index contributed by atoms with van der Waals surface area (Å²) in [6.45, 7) is 8.50. The third-order valence-corrected chi connectivity index (χ3v) is 7.94. The Kier molecular flexibility index (Phi) is 4.25. The van der Waals surface area contributed by atoms with E-state index in [1.807, 2.05) is 23.5 Å². The average Bonchev–Trinajstić information content (AvgIpc) is 3.29. The van der Waals surface area contributed by atoms with E-state index in [0.717, 1.165) is 0 Å².